The summed E-state index contributed by atoms with van der Waals surface area (Å²) < 4.78 is 6.83. The quantitative estimate of drug-likeness (QED) is 0.702. The van der Waals surface area contributed by atoms with Crippen LogP contribution in [0.5, 0.6) is 5.75 Å². The van der Waals surface area contributed by atoms with Crippen molar-refractivity contribution in [1.29, 1.82) is 0 Å². The molecule has 0 saturated carbocycles. The van der Waals surface area contributed by atoms with Crippen LogP contribution in [0.1, 0.15) is 11.1 Å². The molecule has 22 heavy (non-hydrogen) atoms. The second-order valence-corrected chi connectivity index (χ2v) is 6.35. The molecule has 4 nitrogen and oxygen atoms in total. The smallest absolute Gasteiger partial charge is 0.341 e. The molecule has 0 heterocycles. The second-order valence-electron chi connectivity index (χ2n) is 4.58. The van der Waals surface area contributed by atoms with Crippen LogP contribution in [0.4, 0.5) is 5.69 Å². The van der Waals surface area contributed by atoms with Gasteiger partial charge in [0.15, 0.2) is 6.61 Å². The molecule has 0 aliphatic heterocycles. The minimum Gasteiger partial charge on any atom is -0.480 e. The van der Waals surface area contributed by atoms with E-state index in [0.29, 0.717) is 15.8 Å². The topological polar surface area (TPSA) is 58.9 Å². The van der Waals surface area contributed by atoms with Gasteiger partial charge in [0.25, 0.3) is 0 Å². The fourth-order valence-electron chi connectivity index (χ4n) is 1.74. The molecular formula is C16H13Br2NO3. The Bertz CT molecular complexity index is 712. The average Bonchev–Trinajstić information content (AvgIpc) is 2.45. The Morgan fingerprint density at radius 2 is 1.95 bits per heavy atom. The molecule has 6 heteroatoms. The van der Waals surface area contributed by atoms with E-state index >= 15 is 0 Å². The van der Waals surface area contributed by atoms with Gasteiger partial charge in [-0.1, -0.05) is 33.6 Å². The number of carboxylic acid groups (broad SMARTS) is 1. The summed E-state index contributed by atoms with van der Waals surface area (Å²) in [5, 5.41) is 8.76. The lowest BCUT2D eigenvalue weighted by atomic mass is 10.2. The fraction of sp³-hybridized carbons (Fsp3) is 0.125. The highest BCUT2D eigenvalue weighted by Crippen LogP contribution is 2.32. The van der Waals surface area contributed by atoms with E-state index in [9.17, 15) is 4.79 Å². The summed E-state index contributed by atoms with van der Waals surface area (Å²) in [4.78, 5) is 15.1. The molecule has 0 aliphatic rings. The zero-order valence-electron chi connectivity index (χ0n) is 11.7. The Hall–Kier alpha value is -1.66. The van der Waals surface area contributed by atoms with Gasteiger partial charge in [0.2, 0.25) is 0 Å². The van der Waals surface area contributed by atoms with Crippen LogP contribution in [0.3, 0.4) is 0 Å². The largest absolute Gasteiger partial charge is 0.480 e. The maximum absolute atomic E-state index is 10.7. The minimum absolute atomic E-state index is 0.411. The fourth-order valence-corrected chi connectivity index (χ4v) is 3.11. The van der Waals surface area contributed by atoms with Crippen LogP contribution in [0.2, 0.25) is 0 Å². The molecule has 0 bridgehead atoms. The molecule has 0 aromatic heterocycles. The normalized spacial score (nSPS) is 10.9. The van der Waals surface area contributed by atoms with Gasteiger partial charge in [0.1, 0.15) is 5.75 Å². The van der Waals surface area contributed by atoms with Crippen molar-refractivity contribution in [3.63, 3.8) is 0 Å². The van der Waals surface area contributed by atoms with Gasteiger partial charge in [0.05, 0.1) is 10.2 Å². The van der Waals surface area contributed by atoms with Crippen LogP contribution < -0.4 is 4.74 Å². The number of aliphatic imine (C=N–C) groups is 1. The van der Waals surface area contributed by atoms with Crippen LogP contribution >= 0.6 is 31.9 Å². The Labute approximate surface area is 145 Å². The van der Waals surface area contributed by atoms with Gasteiger partial charge >= 0.3 is 5.97 Å². The molecule has 2 aromatic rings. The van der Waals surface area contributed by atoms with E-state index in [1.165, 1.54) is 0 Å². The summed E-state index contributed by atoms with van der Waals surface area (Å²) in [6, 6.07) is 11.4. The van der Waals surface area contributed by atoms with Crippen LogP contribution in [0.15, 0.2) is 50.3 Å². The van der Waals surface area contributed by atoms with Gasteiger partial charge in [-0.3, -0.25) is 4.99 Å². The summed E-state index contributed by atoms with van der Waals surface area (Å²) in [5.74, 6) is -0.585. The first-order valence-electron chi connectivity index (χ1n) is 6.40. The van der Waals surface area contributed by atoms with Crippen molar-refractivity contribution >= 4 is 49.7 Å². The lowest BCUT2D eigenvalue weighted by Crippen LogP contribution is -2.11. The average molecular weight is 427 g/mol. The highest BCUT2D eigenvalue weighted by Gasteiger charge is 2.10. The van der Waals surface area contributed by atoms with E-state index in [1.807, 2.05) is 37.3 Å². The van der Waals surface area contributed by atoms with E-state index in [4.69, 9.17) is 9.84 Å². The van der Waals surface area contributed by atoms with Gasteiger partial charge in [-0.2, -0.15) is 0 Å². The maximum atomic E-state index is 10.7. The Balaban J connectivity index is 2.31. The number of carbonyl (C=O) groups is 1. The summed E-state index contributed by atoms with van der Waals surface area (Å²) in [6.07, 6.45) is 1.65. The van der Waals surface area contributed by atoms with Crippen molar-refractivity contribution in [3.8, 4) is 5.75 Å². The lowest BCUT2D eigenvalue weighted by Gasteiger charge is -2.10. The predicted molar refractivity (Wildman–Crippen MR) is 93.4 cm³/mol. The molecule has 2 rings (SSSR count). The summed E-state index contributed by atoms with van der Waals surface area (Å²) in [6.45, 7) is 1.60. The number of carboxylic acids is 1. The molecule has 0 saturated heterocycles. The molecule has 0 atom stereocenters. The molecule has 2 aromatic carbocycles. The first-order chi connectivity index (χ1) is 10.5. The number of nitrogens with zero attached hydrogens (tertiary/aromatic N) is 1. The number of ether oxygens (including phenoxy) is 1. The lowest BCUT2D eigenvalue weighted by molar-refractivity contribution is -0.139. The van der Waals surface area contributed by atoms with Gasteiger partial charge in [-0.15, -0.1) is 0 Å². The number of benzene rings is 2. The summed E-state index contributed by atoms with van der Waals surface area (Å²) in [5.41, 5.74) is 2.66. The van der Waals surface area contributed by atoms with Crippen molar-refractivity contribution in [3.05, 3.63) is 56.5 Å². The molecule has 114 valence electrons. The molecule has 1 N–H and O–H groups in total. The predicted octanol–water partition coefficient (Wildman–Crippen LogP) is 4.73. The first kappa shape index (κ1) is 16.7. The number of hydrogen-bond donors (Lipinski definition) is 1. The van der Waals surface area contributed by atoms with Crippen LogP contribution in [0, 0.1) is 6.92 Å². The van der Waals surface area contributed by atoms with Crippen LogP contribution in [-0.2, 0) is 4.79 Å². The second kappa shape index (κ2) is 7.56. The third kappa shape index (κ3) is 4.68. The minimum atomic E-state index is -1.03. The molecule has 0 unspecified atom stereocenters. The Morgan fingerprint density at radius 1 is 1.27 bits per heavy atom. The zero-order chi connectivity index (χ0) is 16.1. The molecule has 0 amide bonds. The third-order valence-electron chi connectivity index (χ3n) is 2.76. The van der Waals surface area contributed by atoms with E-state index < -0.39 is 12.6 Å². The van der Waals surface area contributed by atoms with E-state index in [2.05, 4.69) is 36.9 Å². The SMILES string of the molecule is Cc1ccc(N=Cc2cc(Br)cc(Br)c2OCC(=O)O)cc1. The number of aliphatic carboxylic acids is 1. The molecular weight excluding hydrogens is 414 g/mol. The van der Waals surface area contributed by atoms with E-state index in [0.717, 1.165) is 15.7 Å². The van der Waals surface area contributed by atoms with Gasteiger partial charge in [-0.05, 0) is 47.1 Å². The Morgan fingerprint density at radius 3 is 2.59 bits per heavy atom. The van der Waals surface area contributed by atoms with Crippen molar-refractivity contribution in [2.75, 3.05) is 6.61 Å². The molecule has 0 fully saturated rings. The number of rotatable bonds is 5. The van der Waals surface area contributed by atoms with Crippen molar-refractivity contribution in [2.24, 2.45) is 4.99 Å². The van der Waals surface area contributed by atoms with Gasteiger partial charge in [-0.25, -0.2) is 4.79 Å². The van der Waals surface area contributed by atoms with Crippen molar-refractivity contribution in [2.45, 2.75) is 6.92 Å². The molecule has 0 aliphatic carbocycles. The monoisotopic (exact) mass is 425 g/mol. The zero-order valence-corrected chi connectivity index (χ0v) is 14.9. The summed E-state index contributed by atoms with van der Waals surface area (Å²) >= 11 is 6.77. The summed E-state index contributed by atoms with van der Waals surface area (Å²) in [7, 11) is 0. The van der Waals surface area contributed by atoms with Crippen molar-refractivity contribution in [1.82, 2.24) is 0 Å². The maximum Gasteiger partial charge on any atom is 0.341 e. The third-order valence-corrected chi connectivity index (χ3v) is 3.81. The molecule has 0 spiro atoms. The number of aryl methyl sites for hydroxylation is 1. The van der Waals surface area contributed by atoms with Gasteiger partial charge < -0.3 is 9.84 Å². The number of halogens is 2. The highest BCUT2D eigenvalue weighted by molar-refractivity contribution is 9.11. The Kier molecular flexibility index (Phi) is 5.74. The van der Waals surface area contributed by atoms with Crippen LogP contribution in [-0.4, -0.2) is 23.9 Å². The highest BCUT2D eigenvalue weighted by atomic mass is 79.9. The standard InChI is InChI=1S/C16H13Br2NO3/c1-10-2-4-13(5-3-10)19-8-11-6-12(17)7-14(18)16(11)22-9-15(20)21/h2-8H,9H2,1H3,(H,20,21). The van der Waals surface area contributed by atoms with Crippen molar-refractivity contribution < 1.29 is 14.6 Å². The molecule has 0 radical (unpaired) electrons. The van der Waals surface area contributed by atoms with Crippen LogP contribution in [0.25, 0.3) is 0 Å². The van der Waals surface area contributed by atoms with E-state index in [-0.39, 0.29) is 0 Å². The number of hydrogen-bond acceptors (Lipinski definition) is 3. The first-order valence-corrected chi connectivity index (χ1v) is 7.98. The van der Waals surface area contributed by atoms with E-state index in [1.54, 1.807) is 12.3 Å². The van der Waals surface area contributed by atoms with Gasteiger partial charge in [0, 0.05) is 16.3 Å².